The van der Waals surface area contributed by atoms with Crippen LogP contribution in [0.4, 0.5) is 5.69 Å². The number of nitrogens with zero attached hydrogens (tertiary/aromatic N) is 3. The van der Waals surface area contributed by atoms with Gasteiger partial charge < -0.3 is 9.88 Å². The standard InChI is InChI=1S/C27H22N4O3/c1-19(21-9-3-2-4-10-21)29-27(32)22(16-28)15-23-18-30(26-13-6-5-12-25(23)26)17-20-8-7-11-24(14-20)31(33)34/h2-15,18-19H,17H2,1H3,(H,29,32)/b22-15-/t19-/m1/s1. The molecular formula is C27H22N4O3. The average Bonchev–Trinajstić information content (AvgIpc) is 3.20. The molecule has 1 N–H and O–H groups in total. The fraction of sp³-hybridized carbons (Fsp3) is 0.111. The van der Waals surface area contributed by atoms with E-state index in [9.17, 15) is 20.2 Å². The second-order valence-corrected chi connectivity index (χ2v) is 7.93. The Morgan fingerprint density at radius 3 is 2.59 bits per heavy atom. The maximum Gasteiger partial charge on any atom is 0.269 e. The molecule has 0 aliphatic rings. The van der Waals surface area contributed by atoms with Crippen LogP contribution in [0.15, 0.2) is 90.6 Å². The Labute approximate surface area is 196 Å². The van der Waals surface area contributed by atoms with Gasteiger partial charge in [-0.05, 0) is 30.2 Å². The maximum absolute atomic E-state index is 12.8. The van der Waals surface area contributed by atoms with Crippen molar-refractivity contribution in [3.8, 4) is 6.07 Å². The maximum atomic E-state index is 12.8. The summed E-state index contributed by atoms with van der Waals surface area (Å²) in [6.07, 6.45) is 3.44. The van der Waals surface area contributed by atoms with Crippen molar-refractivity contribution >= 4 is 28.6 Å². The molecule has 4 aromatic rings. The van der Waals surface area contributed by atoms with Gasteiger partial charge in [0, 0.05) is 41.3 Å². The third-order valence-electron chi connectivity index (χ3n) is 5.61. The molecular weight excluding hydrogens is 428 g/mol. The smallest absolute Gasteiger partial charge is 0.269 e. The minimum atomic E-state index is -0.450. The summed E-state index contributed by atoms with van der Waals surface area (Å²) in [5.74, 6) is -0.450. The number of nitriles is 1. The zero-order valence-corrected chi connectivity index (χ0v) is 18.5. The Balaban J connectivity index is 1.65. The van der Waals surface area contributed by atoms with Crippen LogP contribution < -0.4 is 5.32 Å². The number of nitro benzene ring substituents is 1. The van der Waals surface area contributed by atoms with Crippen molar-refractivity contribution in [3.05, 3.63) is 117 Å². The number of carbonyl (C=O) groups is 1. The number of rotatable bonds is 7. The molecule has 1 heterocycles. The van der Waals surface area contributed by atoms with Gasteiger partial charge in [-0.2, -0.15) is 5.26 Å². The number of nitrogens with one attached hydrogen (secondary N) is 1. The third-order valence-corrected chi connectivity index (χ3v) is 5.61. The van der Waals surface area contributed by atoms with Crippen LogP contribution in [0.1, 0.15) is 29.7 Å². The number of benzene rings is 3. The van der Waals surface area contributed by atoms with Gasteiger partial charge in [0.25, 0.3) is 11.6 Å². The van der Waals surface area contributed by atoms with E-state index in [1.807, 2.05) is 84.4 Å². The SMILES string of the molecule is C[C@@H](NC(=O)/C(C#N)=C\c1cn(Cc2cccc([N+](=O)[O-])c2)c2ccccc12)c1ccccc1. The lowest BCUT2D eigenvalue weighted by atomic mass is 10.1. The van der Waals surface area contributed by atoms with Gasteiger partial charge in [0.15, 0.2) is 0 Å². The average molecular weight is 450 g/mol. The highest BCUT2D eigenvalue weighted by Gasteiger charge is 2.16. The normalized spacial score (nSPS) is 12.2. The molecule has 4 rings (SSSR count). The second kappa shape index (κ2) is 9.84. The molecule has 34 heavy (non-hydrogen) atoms. The quantitative estimate of drug-likeness (QED) is 0.177. The number of hydrogen-bond acceptors (Lipinski definition) is 4. The highest BCUT2D eigenvalue weighted by molar-refractivity contribution is 6.04. The van der Waals surface area contributed by atoms with E-state index in [0.29, 0.717) is 6.54 Å². The molecule has 0 unspecified atom stereocenters. The predicted octanol–water partition coefficient (Wildman–Crippen LogP) is 5.38. The second-order valence-electron chi connectivity index (χ2n) is 7.93. The van der Waals surface area contributed by atoms with Gasteiger partial charge in [-0.25, -0.2) is 0 Å². The molecule has 0 radical (unpaired) electrons. The lowest BCUT2D eigenvalue weighted by Gasteiger charge is -2.13. The number of para-hydroxylation sites is 1. The zero-order valence-electron chi connectivity index (χ0n) is 18.5. The van der Waals surface area contributed by atoms with Crippen molar-refractivity contribution in [2.24, 2.45) is 0 Å². The monoisotopic (exact) mass is 450 g/mol. The molecule has 0 fully saturated rings. The molecule has 7 nitrogen and oxygen atoms in total. The summed E-state index contributed by atoms with van der Waals surface area (Å²) >= 11 is 0. The largest absolute Gasteiger partial charge is 0.345 e. The molecule has 1 aromatic heterocycles. The fourth-order valence-corrected chi connectivity index (χ4v) is 3.89. The van der Waals surface area contributed by atoms with Gasteiger partial charge in [0.1, 0.15) is 11.6 Å². The van der Waals surface area contributed by atoms with Gasteiger partial charge in [0.2, 0.25) is 0 Å². The van der Waals surface area contributed by atoms with Crippen LogP contribution in [0, 0.1) is 21.4 Å². The van der Waals surface area contributed by atoms with Crippen molar-refractivity contribution in [2.75, 3.05) is 0 Å². The van der Waals surface area contributed by atoms with Gasteiger partial charge >= 0.3 is 0 Å². The third kappa shape index (κ3) is 4.87. The first-order valence-electron chi connectivity index (χ1n) is 10.7. The lowest BCUT2D eigenvalue weighted by Crippen LogP contribution is -2.27. The minimum absolute atomic E-state index is 0.000957. The van der Waals surface area contributed by atoms with E-state index in [1.54, 1.807) is 18.2 Å². The lowest BCUT2D eigenvalue weighted by molar-refractivity contribution is -0.384. The van der Waals surface area contributed by atoms with Crippen molar-refractivity contribution in [2.45, 2.75) is 19.5 Å². The van der Waals surface area contributed by atoms with Crippen LogP contribution in [-0.2, 0) is 11.3 Å². The molecule has 0 saturated heterocycles. The van der Waals surface area contributed by atoms with Gasteiger partial charge in [-0.15, -0.1) is 0 Å². The minimum Gasteiger partial charge on any atom is -0.345 e. The summed E-state index contributed by atoms with van der Waals surface area (Å²) < 4.78 is 1.96. The van der Waals surface area contributed by atoms with Crippen molar-refractivity contribution < 1.29 is 9.72 Å². The Hall–Kier alpha value is -4.70. The van der Waals surface area contributed by atoms with E-state index < -0.39 is 10.8 Å². The molecule has 0 saturated carbocycles. The van der Waals surface area contributed by atoms with Crippen LogP contribution in [0.5, 0.6) is 0 Å². The first-order chi connectivity index (χ1) is 16.5. The molecule has 0 aliphatic carbocycles. The molecule has 0 spiro atoms. The fourth-order valence-electron chi connectivity index (χ4n) is 3.89. The molecule has 0 bridgehead atoms. The van der Waals surface area contributed by atoms with E-state index >= 15 is 0 Å². The van der Waals surface area contributed by atoms with E-state index in [1.165, 1.54) is 6.07 Å². The Morgan fingerprint density at radius 1 is 1.12 bits per heavy atom. The van der Waals surface area contributed by atoms with Gasteiger partial charge in [0.05, 0.1) is 11.0 Å². The molecule has 3 aromatic carbocycles. The van der Waals surface area contributed by atoms with Crippen molar-refractivity contribution in [1.29, 1.82) is 5.26 Å². The van der Waals surface area contributed by atoms with Crippen LogP contribution in [0.2, 0.25) is 0 Å². The number of amides is 1. The van der Waals surface area contributed by atoms with Gasteiger partial charge in [-0.3, -0.25) is 14.9 Å². The molecule has 0 aliphatic heterocycles. The molecule has 1 atom stereocenters. The van der Waals surface area contributed by atoms with Crippen molar-refractivity contribution in [1.82, 2.24) is 9.88 Å². The number of carbonyl (C=O) groups excluding carboxylic acids is 1. The number of aromatic nitrogens is 1. The van der Waals surface area contributed by atoms with E-state index in [-0.39, 0.29) is 17.3 Å². The zero-order chi connectivity index (χ0) is 24.1. The Kier molecular flexibility index (Phi) is 6.51. The summed E-state index contributed by atoms with van der Waals surface area (Å²) in [5, 5.41) is 24.6. The van der Waals surface area contributed by atoms with E-state index in [0.717, 1.165) is 27.6 Å². The Morgan fingerprint density at radius 2 is 1.85 bits per heavy atom. The van der Waals surface area contributed by atoms with Crippen LogP contribution in [0.25, 0.3) is 17.0 Å². The summed E-state index contributed by atoms with van der Waals surface area (Å²) in [7, 11) is 0. The summed E-state index contributed by atoms with van der Waals surface area (Å²) in [4.78, 5) is 23.5. The topological polar surface area (TPSA) is 101 Å². The number of fused-ring (bicyclic) bond motifs is 1. The molecule has 168 valence electrons. The van der Waals surface area contributed by atoms with Crippen molar-refractivity contribution in [3.63, 3.8) is 0 Å². The first-order valence-corrected chi connectivity index (χ1v) is 10.7. The predicted molar refractivity (Wildman–Crippen MR) is 131 cm³/mol. The van der Waals surface area contributed by atoms with E-state index in [4.69, 9.17) is 0 Å². The highest BCUT2D eigenvalue weighted by atomic mass is 16.6. The number of hydrogen-bond donors (Lipinski definition) is 1. The summed E-state index contributed by atoms with van der Waals surface area (Å²) in [6.45, 7) is 2.28. The van der Waals surface area contributed by atoms with Crippen LogP contribution in [-0.4, -0.2) is 15.4 Å². The summed E-state index contributed by atoms with van der Waals surface area (Å²) in [5.41, 5.74) is 3.38. The summed E-state index contributed by atoms with van der Waals surface area (Å²) in [6, 6.07) is 25.4. The molecule has 7 heteroatoms. The first kappa shape index (κ1) is 22.5. The number of non-ortho nitro benzene ring substituents is 1. The Bertz CT molecular complexity index is 1430. The molecule has 1 amide bonds. The van der Waals surface area contributed by atoms with E-state index in [2.05, 4.69) is 5.32 Å². The van der Waals surface area contributed by atoms with Crippen LogP contribution >= 0.6 is 0 Å². The number of nitro groups is 1. The van der Waals surface area contributed by atoms with Crippen LogP contribution in [0.3, 0.4) is 0 Å². The highest BCUT2D eigenvalue weighted by Crippen LogP contribution is 2.25. The van der Waals surface area contributed by atoms with Gasteiger partial charge in [-0.1, -0.05) is 60.7 Å².